The summed E-state index contributed by atoms with van der Waals surface area (Å²) in [5.41, 5.74) is 2.01. The Hall–Kier alpha value is -3.28. The van der Waals surface area contributed by atoms with Crippen LogP contribution in [0.4, 0.5) is 0 Å². The molecule has 2 aromatic rings. The van der Waals surface area contributed by atoms with Crippen LogP contribution in [-0.2, 0) is 22.4 Å². The molecule has 1 N–H and O–H groups in total. The number of methoxy groups -OCH3 is 2. The third-order valence-electron chi connectivity index (χ3n) is 5.34. The van der Waals surface area contributed by atoms with Crippen molar-refractivity contribution < 1.29 is 24.2 Å². The number of rotatable bonds is 9. The zero-order chi connectivity index (χ0) is 21.0. The summed E-state index contributed by atoms with van der Waals surface area (Å²) >= 11 is 0. The zero-order valence-electron chi connectivity index (χ0n) is 16.6. The van der Waals surface area contributed by atoms with E-state index < -0.39 is 17.9 Å². The molecule has 0 aromatic heterocycles. The summed E-state index contributed by atoms with van der Waals surface area (Å²) in [6.45, 7) is 3.63. The highest BCUT2D eigenvalue weighted by Crippen LogP contribution is 2.33. The lowest BCUT2D eigenvalue weighted by Crippen LogP contribution is -2.67. The summed E-state index contributed by atoms with van der Waals surface area (Å²) in [5, 5.41) is 9.67. The van der Waals surface area contributed by atoms with Gasteiger partial charge in [0, 0.05) is 6.04 Å². The van der Waals surface area contributed by atoms with Crippen LogP contribution in [0.1, 0.15) is 11.1 Å². The second-order valence-electron chi connectivity index (χ2n) is 7.05. The molecule has 1 aliphatic heterocycles. The number of amides is 1. The largest absolute Gasteiger partial charge is 0.497 e. The van der Waals surface area contributed by atoms with Crippen LogP contribution in [-0.4, -0.2) is 48.2 Å². The quantitative estimate of drug-likeness (QED) is 0.522. The predicted octanol–water partition coefficient (Wildman–Crippen LogP) is 2.96. The van der Waals surface area contributed by atoms with Crippen molar-refractivity contribution in [3.8, 4) is 11.5 Å². The lowest BCUT2D eigenvalue weighted by molar-refractivity contribution is -0.171. The minimum Gasteiger partial charge on any atom is -0.497 e. The molecule has 1 saturated heterocycles. The molecule has 0 aliphatic carbocycles. The first-order valence-electron chi connectivity index (χ1n) is 9.42. The van der Waals surface area contributed by atoms with Crippen LogP contribution in [0.2, 0.25) is 0 Å². The summed E-state index contributed by atoms with van der Waals surface area (Å²) in [5.74, 6) is -0.392. The Balaban J connectivity index is 1.88. The maximum atomic E-state index is 12.7. The summed E-state index contributed by atoms with van der Waals surface area (Å²) in [6, 6.07) is 14.0. The number of aliphatic carboxylic acids is 1. The fraction of sp³-hybridized carbons (Fsp3) is 0.304. The van der Waals surface area contributed by atoms with E-state index in [1.165, 1.54) is 11.0 Å². The van der Waals surface area contributed by atoms with E-state index in [1.807, 2.05) is 48.5 Å². The van der Waals surface area contributed by atoms with Crippen LogP contribution in [0.25, 0.3) is 0 Å². The molecule has 1 heterocycles. The molecular formula is C23H25NO5. The minimum absolute atomic E-state index is 0.195. The third kappa shape index (κ3) is 4.26. The van der Waals surface area contributed by atoms with Crippen molar-refractivity contribution >= 4 is 11.9 Å². The Kier molecular flexibility index (Phi) is 6.22. The van der Waals surface area contributed by atoms with Crippen molar-refractivity contribution in [1.29, 1.82) is 0 Å². The van der Waals surface area contributed by atoms with Crippen molar-refractivity contribution in [3.05, 3.63) is 72.3 Å². The fourth-order valence-corrected chi connectivity index (χ4v) is 3.78. The maximum Gasteiger partial charge on any atom is 0.327 e. The van der Waals surface area contributed by atoms with Gasteiger partial charge < -0.3 is 19.5 Å². The van der Waals surface area contributed by atoms with Gasteiger partial charge in [0.25, 0.3) is 0 Å². The first kappa shape index (κ1) is 20.5. The maximum absolute atomic E-state index is 12.7. The lowest BCUT2D eigenvalue weighted by Gasteiger charge is -2.48. The first-order valence-corrected chi connectivity index (χ1v) is 9.42. The number of benzene rings is 2. The molecule has 2 atom stereocenters. The molecule has 0 spiro atoms. The lowest BCUT2D eigenvalue weighted by atomic mass is 9.83. The number of carboxylic acid groups (broad SMARTS) is 1. The molecule has 2 aromatic carbocycles. The number of β-lactam (4-membered cyclic amide) rings is 1. The molecule has 0 unspecified atom stereocenters. The van der Waals surface area contributed by atoms with Crippen molar-refractivity contribution in [2.24, 2.45) is 5.92 Å². The van der Waals surface area contributed by atoms with Gasteiger partial charge in [-0.25, -0.2) is 4.79 Å². The van der Waals surface area contributed by atoms with Crippen LogP contribution in [0.5, 0.6) is 11.5 Å². The summed E-state index contributed by atoms with van der Waals surface area (Å²) in [4.78, 5) is 26.0. The number of carbonyl (C=O) groups excluding carboxylic acids is 1. The molecule has 29 heavy (non-hydrogen) atoms. The van der Waals surface area contributed by atoms with Crippen LogP contribution in [0, 0.1) is 5.92 Å². The van der Waals surface area contributed by atoms with E-state index in [0.717, 1.165) is 22.6 Å². The number of nitrogens with zero attached hydrogens (tertiary/aromatic N) is 1. The number of carboxylic acids is 1. The van der Waals surface area contributed by atoms with Gasteiger partial charge in [-0.2, -0.15) is 0 Å². The number of hydrogen-bond acceptors (Lipinski definition) is 4. The minimum atomic E-state index is -1.01. The van der Waals surface area contributed by atoms with Crippen LogP contribution in [0.15, 0.2) is 61.2 Å². The van der Waals surface area contributed by atoms with Gasteiger partial charge >= 0.3 is 5.97 Å². The third-order valence-corrected chi connectivity index (χ3v) is 5.34. The molecule has 6 nitrogen and oxygen atoms in total. The highest BCUT2D eigenvalue weighted by molar-refractivity contribution is 5.98. The Morgan fingerprint density at radius 1 is 1.03 bits per heavy atom. The Morgan fingerprint density at radius 3 is 1.83 bits per heavy atom. The van der Waals surface area contributed by atoms with E-state index in [0.29, 0.717) is 12.8 Å². The number of carbonyl (C=O) groups is 2. The summed E-state index contributed by atoms with van der Waals surface area (Å²) < 4.78 is 10.4. The van der Waals surface area contributed by atoms with E-state index in [4.69, 9.17) is 9.47 Å². The molecule has 152 valence electrons. The van der Waals surface area contributed by atoms with Crippen molar-refractivity contribution in [3.63, 3.8) is 0 Å². The molecule has 1 aliphatic rings. The van der Waals surface area contributed by atoms with Gasteiger partial charge in [-0.15, -0.1) is 6.58 Å². The summed E-state index contributed by atoms with van der Waals surface area (Å²) in [7, 11) is 3.21. The highest BCUT2D eigenvalue weighted by Gasteiger charge is 2.52. The van der Waals surface area contributed by atoms with Gasteiger partial charge in [0.15, 0.2) is 0 Å². The molecule has 0 saturated carbocycles. The van der Waals surface area contributed by atoms with Gasteiger partial charge in [-0.1, -0.05) is 30.3 Å². The molecule has 0 bridgehead atoms. The van der Waals surface area contributed by atoms with E-state index >= 15 is 0 Å². The van der Waals surface area contributed by atoms with Gasteiger partial charge in [0.1, 0.15) is 17.5 Å². The van der Waals surface area contributed by atoms with E-state index in [-0.39, 0.29) is 11.9 Å². The monoisotopic (exact) mass is 395 g/mol. The predicted molar refractivity (Wildman–Crippen MR) is 109 cm³/mol. The molecule has 1 fully saturated rings. The van der Waals surface area contributed by atoms with Gasteiger partial charge in [0.05, 0.1) is 20.1 Å². The Labute approximate surface area is 170 Å². The van der Waals surface area contributed by atoms with E-state index in [9.17, 15) is 14.7 Å². The Bertz CT molecular complexity index is 826. The number of ether oxygens (including phenoxy) is 2. The number of hydrogen-bond donors (Lipinski definition) is 1. The molecule has 1 amide bonds. The fourth-order valence-electron chi connectivity index (χ4n) is 3.78. The average Bonchev–Trinajstić information content (AvgIpc) is 2.73. The second kappa shape index (κ2) is 8.82. The smallest absolute Gasteiger partial charge is 0.327 e. The van der Waals surface area contributed by atoms with Crippen LogP contribution < -0.4 is 9.47 Å². The second-order valence-corrected chi connectivity index (χ2v) is 7.05. The molecule has 6 heteroatoms. The van der Waals surface area contributed by atoms with Gasteiger partial charge in [-0.05, 0) is 48.2 Å². The van der Waals surface area contributed by atoms with Crippen LogP contribution in [0.3, 0.4) is 0 Å². The molecule has 3 rings (SSSR count). The first-order chi connectivity index (χ1) is 14.0. The topological polar surface area (TPSA) is 76.1 Å². The molecular weight excluding hydrogens is 370 g/mol. The zero-order valence-corrected chi connectivity index (χ0v) is 16.6. The van der Waals surface area contributed by atoms with Crippen molar-refractivity contribution in [1.82, 2.24) is 4.90 Å². The number of likely N-dealkylation sites (tertiary alicyclic amines) is 1. The van der Waals surface area contributed by atoms with E-state index in [1.54, 1.807) is 14.2 Å². The molecule has 0 radical (unpaired) electrons. The van der Waals surface area contributed by atoms with E-state index in [2.05, 4.69) is 6.58 Å². The normalized spacial score (nSPS) is 18.3. The van der Waals surface area contributed by atoms with Crippen LogP contribution >= 0.6 is 0 Å². The van der Waals surface area contributed by atoms with Gasteiger partial charge in [0.2, 0.25) is 5.91 Å². The van der Waals surface area contributed by atoms with Crippen molar-refractivity contribution in [2.45, 2.75) is 24.9 Å². The standard InChI is InChI=1S/C23H25NO5/c1-4-20-21(23(26)27)24(22(20)25)17(13-15-5-9-18(28-2)10-6-15)14-16-7-11-19(29-3)12-8-16/h4-12,17,20-21H,1,13-14H2,2-3H3,(H,26,27)/t20-,21+/m1/s1. The summed E-state index contributed by atoms with van der Waals surface area (Å²) in [6.07, 6.45) is 2.50. The van der Waals surface area contributed by atoms with Gasteiger partial charge in [-0.3, -0.25) is 4.79 Å². The SMILES string of the molecule is C=C[C@H]1C(=O)N(C(Cc2ccc(OC)cc2)Cc2ccc(OC)cc2)[C@@H]1C(=O)O. The Morgan fingerprint density at radius 2 is 1.48 bits per heavy atom. The highest BCUT2D eigenvalue weighted by atomic mass is 16.5. The average molecular weight is 395 g/mol. The van der Waals surface area contributed by atoms with Crippen molar-refractivity contribution in [2.75, 3.05) is 14.2 Å².